The first-order valence-corrected chi connectivity index (χ1v) is 17.1. The number of ether oxygens (including phenoxy) is 2. The Bertz CT molecular complexity index is 1370. The molecule has 2 atom stereocenters. The van der Waals surface area contributed by atoms with Gasteiger partial charge in [0.25, 0.3) is 5.91 Å². The maximum absolute atomic E-state index is 12.7. The molecule has 2 aromatic rings. The van der Waals surface area contributed by atoms with Crippen molar-refractivity contribution in [3.8, 4) is 0 Å². The number of rotatable bonds is 11. The van der Waals surface area contributed by atoms with Crippen molar-refractivity contribution < 1.29 is 29.0 Å². The molecule has 1 saturated heterocycles. The summed E-state index contributed by atoms with van der Waals surface area (Å²) in [6.07, 6.45) is 14.0. The Balaban J connectivity index is 0.000000313. The van der Waals surface area contributed by atoms with Gasteiger partial charge in [-0.2, -0.15) is 0 Å². The molecule has 1 aromatic carbocycles. The fourth-order valence-corrected chi connectivity index (χ4v) is 6.36. The van der Waals surface area contributed by atoms with Crippen molar-refractivity contribution in [2.75, 3.05) is 25.6 Å². The van der Waals surface area contributed by atoms with Crippen LogP contribution in [0.25, 0.3) is 12.2 Å². The molecule has 2 amide bonds. The van der Waals surface area contributed by atoms with Gasteiger partial charge in [-0.3, -0.25) is 14.4 Å². The average molecular weight is 693 g/mol. The standard InChI is InChI=1S/C19H20Cl2N2O.C15H25NO5.C2H6/c1-5-8-13-14(11-23(4)18(13)7-3)19(24)22-17-10-15(20)12(6-2)9-16(17)21;1-20-14-7-4-12(16(8-14)10-17)9-21-13-5-2-11(3-6-13)15(18)19;1-2/h5,7-11H,3,6H2,1-2,4H3,(H,22,24);10-14H,2-9H2,1H3,(H,18,19);1-2H3/b8-5+;;. The second kappa shape index (κ2) is 20.3. The van der Waals surface area contributed by atoms with Crippen LogP contribution in [0.3, 0.4) is 0 Å². The fourth-order valence-electron chi connectivity index (χ4n) is 5.83. The molecule has 4 rings (SSSR count). The van der Waals surface area contributed by atoms with Gasteiger partial charge < -0.3 is 29.4 Å². The van der Waals surface area contributed by atoms with E-state index in [2.05, 4.69) is 11.9 Å². The van der Waals surface area contributed by atoms with Gasteiger partial charge in [-0.1, -0.05) is 62.7 Å². The average Bonchev–Trinajstić information content (AvgIpc) is 3.41. The molecular formula is C36H51Cl2N3O6. The van der Waals surface area contributed by atoms with Crippen molar-refractivity contribution in [1.29, 1.82) is 0 Å². The van der Waals surface area contributed by atoms with E-state index in [4.69, 9.17) is 37.8 Å². The molecular weight excluding hydrogens is 641 g/mol. The predicted molar refractivity (Wildman–Crippen MR) is 191 cm³/mol. The first kappa shape index (κ1) is 40.1. The van der Waals surface area contributed by atoms with Crippen LogP contribution >= 0.6 is 23.2 Å². The minimum absolute atomic E-state index is 0.117. The lowest BCUT2D eigenvalue weighted by molar-refractivity contribution is -0.144. The summed E-state index contributed by atoms with van der Waals surface area (Å²) in [7, 11) is 3.55. The topological polar surface area (TPSA) is 110 Å². The molecule has 0 radical (unpaired) electrons. The van der Waals surface area contributed by atoms with Crippen LogP contribution in [0.5, 0.6) is 0 Å². The SMILES string of the molecule is C=Cc1c(/C=C/C)c(C(=O)Nc2cc(Cl)c(CC)cc2Cl)cn1C.CC.COC1CCC(COC2CCC(C(=O)O)CC2)N(C=O)C1. The number of likely N-dealkylation sites (tertiary alicyclic amines) is 1. The van der Waals surface area contributed by atoms with E-state index in [1.807, 2.05) is 51.5 Å². The normalized spacial score (nSPS) is 20.8. The second-order valence-electron chi connectivity index (χ2n) is 11.4. The smallest absolute Gasteiger partial charge is 0.306 e. The van der Waals surface area contributed by atoms with Gasteiger partial charge in [0.1, 0.15) is 0 Å². The van der Waals surface area contributed by atoms with E-state index in [1.165, 1.54) is 0 Å². The lowest BCUT2D eigenvalue weighted by atomic mass is 9.87. The minimum atomic E-state index is -0.696. The molecule has 1 aliphatic carbocycles. The molecule has 1 aliphatic heterocycles. The number of carbonyl (C=O) groups excluding carboxylic acids is 2. The summed E-state index contributed by atoms with van der Waals surface area (Å²) >= 11 is 12.5. The number of carboxylic acid groups (broad SMARTS) is 1. The third kappa shape index (κ3) is 11.2. The molecule has 2 fully saturated rings. The number of nitrogens with zero attached hydrogens (tertiary/aromatic N) is 2. The van der Waals surface area contributed by atoms with E-state index < -0.39 is 5.97 Å². The number of allylic oxidation sites excluding steroid dienone is 1. The number of aromatic nitrogens is 1. The van der Waals surface area contributed by atoms with Crippen molar-refractivity contribution in [3.05, 3.63) is 63.4 Å². The minimum Gasteiger partial charge on any atom is -0.481 e. The third-order valence-corrected chi connectivity index (χ3v) is 9.19. The Hall–Kier alpha value is -3.11. The summed E-state index contributed by atoms with van der Waals surface area (Å²) in [5, 5.41) is 12.9. The lowest BCUT2D eigenvalue weighted by Gasteiger charge is -2.37. The number of nitrogens with one attached hydrogen (secondary N) is 1. The molecule has 47 heavy (non-hydrogen) atoms. The molecule has 0 bridgehead atoms. The van der Waals surface area contributed by atoms with Crippen molar-refractivity contribution in [1.82, 2.24) is 9.47 Å². The molecule has 0 spiro atoms. The molecule has 11 heteroatoms. The van der Waals surface area contributed by atoms with Gasteiger partial charge in [-0.25, -0.2) is 0 Å². The Labute approximate surface area is 289 Å². The monoisotopic (exact) mass is 691 g/mol. The number of anilines is 1. The van der Waals surface area contributed by atoms with Gasteiger partial charge >= 0.3 is 5.97 Å². The first-order chi connectivity index (χ1) is 22.6. The van der Waals surface area contributed by atoms with Crippen molar-refractivity contribution in [3.63, 3.8) is 0 Å². The number of piperidine rings is 1. The highest BCUT2D eigenvalue weighted by atomic mass is 35.5. The number of carbonyl (C=O) groups is 3. The fraction of sp³-hybridized carbons (Fsp3) is 0.528. The molecule has 1 aromatic heterocycles. The summed E-state index contributed by atoms with van der Waals surface area (Å²) in [5.74, 6) is -1.15. The predicted octanol–water partition coefficient (Wildman–Crippen LogP) is 8.13. The third-order valence-electron chi connectivity index (χ3n) is 8.53. The van der Waals surface area contributed by atoms with Gasteiger partial charge in [0, 0.05) is 43.2 Å². The molecule has 260 valence electrons. The van der Waals surface area contributed by atoms with E-state index in [1.54, 1.807) is 36.4 Å². The summed E-state index contributed by atoms with van der Waals surface area (Å²) in [6.45, 7) is 12.9. The number of halogens is 2. The van der Waals surface area contributed by atoms with E-state index >= 15 is 0 Å². The summed E-state index contributed by atoms with van der Waals surface area (Å²) < 4.78 is 13.1. The quantitative estimate of drug-likeness (QED) is 0.230. The maximum Gasteiger partial charge on any atom is 0.306 e. The molecule has 2 heterocycles. The Kier molecular flexibility index (Phi) is 17.3. The van der Waals surface area contributed by atoms with E-state index in [0.29, 0.717) is 47.3 Å². The largest absolute Gasteiger partial charge is 0.481 e. The van der Waals surface area contributed by atoms with Gasteiger partial charge in [-0.15, -0.1) is 0 Å². The number of hydrogen-bond acceptors (Lipinski definition) is 5. The van der Waals surface area contributed by atoms with Gasteiger partial charge in [0.15, 0.2) is 0 Å². The van der Waals surface area contributed by atoms with Crippen LogP contribution in [-0.4, -0.2) is 71.4 Å². The highest BCUT2D eigenvalue weighted by Crippen LogP contribution is 2.31. The van der Waals surface area contributed by atoms with E-state index in [9.17, 15) is 14.4 Å². The van der Waals surface area contributed by atoms with Crippen molar-refractivity contribution in [2.24, 2.45) is 13.0 Å². The van der Waals surface area contributed by atoms with Crippen LogP contribution in [0.4, 0.5) is 5.69 Å². The highest BCUT2D eigenvalue weighted by Gasteiger charge is 2.30. The number of amides is 2. The second-order valence-corrected chi connectivity index (χ2v) is 12.2. The zero-order valence-electron chi connectivity index (χ0n) is 28.6. The van der Waals surface area contributed by atoms with Crippen molar-refractivity contribution >= 4 is 59.3 Å². The number of aliphatic carboxylic acids is 1. The summed E-state index contributed by atoms with van der Waals surface area (Å²) in [6, 6.07) is 3.59. The van der Waals surface area contributed by atoms with Gasteiger partial charge in [0.05, 0.1) is 47.0 Å². The Morgan fingerprint density at radius 3 is 2.30 bits per heavy atom. The molecule has 2 aliphatic rings. The zero-order valence-corrected chi connectivity index (χ0v) is 30.1. The summed E-state index contributed by atoms with van der Waals surface area (Å²) in [5.41, 5.74) is 3.70. The van der Waals surface area contributed by atoms with E-state index in [0.717, 1.165) is 55.3 Å². The van der Waals surface area contributed by atoms with Crippen molar-refractivity contribution in [2.45, 2.75) is 90.9 Å². The summed E-state index contributed by atoms with van der Waals surface area (Å²) in [4.78, 5) is 36.5. The van der Waals surface area contributed by atoms with E-state index in [-0.39, 0.29) is 30.1 Å². The number of carboxylic acids is 1. The number of benzene rings is 1. The molecule has 1 saturated carbocycles. The number of aryl methyl sites for hydroxylation is 2. The highest BCUT2D eigenvalue weighted by molar-refractivity contribution is 6.36. The van der Waals surface area contributed by atoms with Gasteiger partial charge in [-0.05, 0) is 75.6 Å². The maximum atomic E-state index is 12.7. The van der Waals surface area contributed by atoms with Crippen LogP contribution in [0.1, 0.15) is 93.4 Å². The number of hydrogen-bond donors (Lipinski definition) is 2. The van der Waals surface area contributed by atoms with Crippen LogP contribution < -0.4 is 5.32 Å². The Morgan fingerprint density at radius 2 is 1.74 bits per heavy atom. The van der Waals surface area contributed by atoms with Crippen LogP contribution in [-0.2, 0) is 32.5 Å². The lowest BCUT2D eigenvalue weighted by Crippen LogP contribution is -2.48. The van der Waals surface area contributed by atoms with Crippen LogP contribution in [0.15, 0.2) is 31.0 Å². The zero-order chi connectivity index (χ0) is 35.1. The molecule has 2 unspecified atom stereocenters. The molecule has 2 N–H and O–H groups in total. The number of methoxy groups -OCH3 is 1. The van der Waals surface area contributed by atoms with Crippen LogP contribution in [0, 0.1) is 5.92 Å². The van der Waals surface area contributed by atoms with Gasteiger partial charge in [0.2, 0.25) is 6.41 Å². The van der Waals surface area contributed by atoms with Crippen LogP contribution in [0.2, 0.25) is 10.0 Å². The first-order valence-electron chi connectivity index (χ1n) is 16.4. The molecule has 9 nitrogen and oxygen atoms in total. The Morgan fingerprint density at radius 1 is 1.09 bits per heavy atom.